The monoisotopic (exact) mass is 385 g/mol. The molecule has 0 saturated carbocycles. The van der Waals surface area contributed by atoms with E-state index in [2.05, 4.69) is 10.3 Å². The Morgan fingerprint density at radius 1 is 1.14 bits per heavy atom. The van der Waals surface area contributed by atoms with Gasteiger partial charge in [-0.1, -0.05) is 12.1 Å². The minimum absolute atomic E-state index is 0.111. The zero-order valence-electron chi connectivity index (χ0n) is 16.0. The van der Waals surface area contributed by atoms with Crippen LogP contribution in [0.5, 0.6) is 5.75 Å². The summed E-state index contributed by atoms with van der Waals surface area (Å²) in [6.07, 6.45) is 0.620. The first-order valence-electron chi connectivity index (χ1n) is 8.66. The highest BCUT2D eigenvalue weighted by Crippen LogP contribution is 2.27. The second-order valence-electron chi connectivity index (χ2n) is 7.19. The molecule has 148 valence electrons. The molecule has 0 bridgehead atoms. The van der Waals surface area contributed by atoms with E-state index in [0.29, 0.717) is 16.8 Å². The summed E-state index contributed by atoms with van der Waals surface area (Å²) >= 11 is 0. The van der Waals surface area contributed by atoms with Gasteiger partial charge in [0, 0.05) is 30.3 Å². The van der Waals surface area contributed by atoms with Crippen molar-refractivity contribution in [1.82, 2.24) is 4.98 Å². The molecule has 2 aromatic rings. The number of hydrogen-bond acceptors (Lipinski definition) is 6. The average molecular weight is 385 g/mol. The van der Waals surface area contributed by atoms with Gasteiger partial charge in [-0.3, -0.25) is 14.9 Å². The van der Waals surface area contributed by atoms with Gasteiger partial charge in [-0.05, 0) is 44.5 Å². The minimum atomic E-state index is -0.617. The highest BCUT2D eigenvalue weighted by Gasteiger charge is 2.17. The first kappa shape index (κ1) is 20.9. The Labute approximate surface area is 162 Å². The molecular formula is C20H23N3O5. The van der Waals surface area contributed by atoms with Crippen molar-refractivity contribution >= 4 is 23.5 Å². The largest absolute Gasteiger partial charge is 0.506 e. The fraction of sp³-hybridized carbons (Fsp3) is 0.300. The van der Waals surface area contributed by atoms with Gasteiger partial charge in [-0.15, -0.1) is 0 Å². The number of nitrogens with zero attached hydrogens (tertiary/aromatic N) is 1. The maximum absolute atomic E-state index is 12.0. The van der Waals surface area contributed by atoms with E-state index in [1.807, 2.05) is 0 Å². The van der Waals surface area contributed by atoms with E-state index < -0.39 is 23.4 Å². The summed E-state index contributed by atoms with van der Waals surface area (Å²) in [4.78, 5) is 38.7. The second kappa shape index (κ2) is 8.51. The van der Waals surface area contributed by atoms with Crippen LogP contribution < -0.4 is 11.1 Å². The summed E-state index contributed by atoms with van der Waals surface area (Å²) in [7, 11) is 0. The summed E-state index contributed by atoms with van der Waals surface area (Å²) in [6.45, 7) is 5.30. The number of anilines is 1. The van der Waals surface area contributed by atoms with Crippen LogP contribution in [0.4, 0.5) is 10.5 Å². The van der Waals surface area contributed by atoms with Crippen molar-refractivity contribution in [1.29, 1.82) is 0 Å². The standard InChI is InChI=1S/C20H23N3O5/c1-20(2,3)28-19(27)23-14-6-4-5-12(9-14)13-10-16(25)18(22-11-13)15(24)7-8-17(21)26/h4-6,9-11,25H,7-8H2,1-3H3,(H2,21,26)(H,23,27). The van der Waals surface area contributed by atoms with Crippen LogP contribution in [0.3, 0.4) is 0 Å². The number of carbonyl (C=O) groups is 3. The number of benzene rings is 1. The number of Topliss-reactive ketones (excluding diaryl/α,β-unsaturated/α-hetero) is 1. The number of aromatic hydroxyl groups is 1. The summed E-state index contributed by atoms with van der Waals surface area (Å²) in [6, 6.07) is 8.28. The van der Waals surface area contributed by atoms with E-state index in [1.54, 1.807) is 45.0 Å². The lowest BCUT2D eigenvalue weighted by atomic mass is 10.0. The predicted octanol–water partition coefficient (Wildman–Crippen LogP) is 3.25. The van der Waals surface area contributed by atoms with Crippen LogP contribution in [-0.4, -0.2) is 33.5 Å². The van der Waals surface area contributed by atoms with Gasteiger partial charge in [0.25, 0.3) is 0 Å². The minimum Gasteiger partial charge on any atom is -0.506 e. The molecule has 0 atom stereocenters. The highest BCUT2D eigenvalue weighted by molar-refractivity contribution is 5.98. The van der Waals surface area contributed by atoms with Crippen LogP contribution >= 0.6 is 0 Å². The molecule has 0 aliphatic carbocycles. The van der Waals surface area contributed by atoms with Gasteiger partial charge in [0.2, 0.25) is 5.91 Å². The number of primary amides is 1. The number of aromatic nitrogens is 1. The number of amides is 2. The van der Waals surface area contributed by atoms with Gasteiger partial charge < -0.3 is 15.6 Å². The molecule has 0 radical (unpaired) electrons. The lowest BCUT2D eigenvalue weighted by molar-refractivity contribution is -0.118. The molecule has 28 heavy (non-hydrogen) atoms. The molecule has 0 fully saturated rings. The summed E-state index contributed by atoms with van der Waals surface area (Å²) < 4.78 is 5.22. The van der Waals surface area contributed by atoms with Crippen molar-refractivity contribution < 1.29 is 24.2 Å². The van der Waals surface area contributed by atoms with E-state index in [4.69, 9.17) is 10.5 Å². The summed E-state index contributed by atoms with van der Waals surface area (Å²) in [5.41, 5.74) is 6.03. The van der Waals surface area contributed by atoms with Gasteiger partial charge >= 0.3 is 6.09 Å². The fourth-order valence-electron chi connectivity index (χ4n) is 2.38. The van der Waals surface area contributed by atoms with Crippen LogP contribution in [0.15, 0.2) is 36.5 Å². The quantitative estimate of drug-likeness (QED) is 0.654. The van der Waals surface area contributed by atoms with Crippen LogP contribution in [0.2, 0.25) is 0 Å². The topological polar surface area (TPSA) is 132 Å². The third-order valence-corrected chi connectivity index (χ3v) is 3.57. The van der Waals surface area contributed by atoms with Crippen LogP contribution in [-0.2, 0) is 9.53 Å². The van der Waals surface area contributed by atoms with Gasteiger partial charge in [-0.25, -0.2) is 9.78 Å². The Kier molecular flexibility index (Phi) is 6.35. The lowest BCUT2D eigenvalue weighted by Gasteiger charge is -2.19. The average Bonchev–Trinajstić information content (AvgIpc) is 2.58. The number of nitrogens with one attached hydrogen (secondary N) is 1. The van der Waals surface area contributed by atoms with Gasteiger partial charge in [0.05, 0.1) is 0 Å². The fourth-order valence-corrected chi connectivity index (χ4v) is 2.38. The van der Waals surface area contributed by atoms with Crippen molar-refractivity contribution in [2.24, 2.45) is 5.73 Å². The number of nitrogens with two attached hydrogens (primary N) is 1. The Bertz CT molecular complexity index is 903. The number of hydrogen-bond donors (Lipinski definition) is 3. The zero-order valence-corrected chi connectivity index (χ0v) is 16.0. The molecule has 4 N–H and O–H groups in total. The van der Waals surface area contributed by atoms with Crippen molar-refractivity contribution in [3.8, 4) is 16.9 Å². The van der Waals surface area contributed by atoms with E-state index in [9.17, 15) is 19.5 Å². The molecule has 0 aliphatic heterocycles. The second-order valence-corrected chi connectivity index (χ2v) is 7.19. The molecule has 8 heteroatoms. The Balaban J connectivity index is 2.17. The number of carbonyl (C=O) groups excluding carboxylic acids is 3. The first-order chi connectivity index (χ1) is 13.0. The molecule has 1 heterocycles. The number of ether oxygens (including phenoxy) is 1. The molecule has 0 saturated heterocycles. The maximum atomic E-state index is 12.0. The molecule has 0 aliphatic rings. The lowest BCUT2D eigenvalue weighted by Crippen LogP contribution is -2.27. The van der Waals surface area contributed by atoms with Crippen LogP contribution in [0.1, 0.15) is 44.1 Å². The molecule has 1 aromatic carbocycles. The molecule has 0 unspecified atom stereocenters. The first-order valence-corrected chi connectivity index (χ1v) is 8.66. The molecular weight excluding hydrogens is 362 g/mol. The predicted molar refractivity (Wildman–Crippen MR) is 104 cm³/mol. The Morgan fingerprint density at radius 3 is 2.46 bits per heavy atom. The van der Waals surface area contributed by atoms with Crippen molar-refractivity contribution in [3.63, 3.8) is 0 Å². The molecule has 2 rings (SSSR count). The maximum Gasteiger partial charge on any atom is 0.412 e. The molecule has 0 spiro atoms. The van der Waals surface area contributed by atoms with E-state index in [-0.39, 0.29) is 24.3 Å². The van der Waals surface area contributed by atoms with Crippen LogP contribution in [0, 0.1) is 0 Å². The van der Waals surface area contributed by atoms with Crippen LogP contribution in [0.25, 0.3) is 11.1 Å². The summed E-state index contributed by atoms with van der Waals surface area (Å²) in [5, 5.41) is 12.8. The number of ketones is 1. The normalized spacial score (nSPS) is 11.0. The van der Waals surface area contributed by atoms with Crippen molar-refractivity contribution in [2.75, 3.05) is 5.32 Å². The van der Waals surface area contributed by atoms with Crippen molar-refractivity contribution in [2.45, 2.75) is 39.2 Å². The van der Waals surface area contributed by atoms with E-state index >= 15 is 0 Å². The molecule has 1 aromatic heterocycles. The number of pyridine rings is 1. The van der Waals surface area contributed by atoms with Crippen molar-refractivity contribution in [3.05, 3.63) is 42.2 Å². The Hall–Kier alpha value is -3.42. The smallest absolute Gasteiger partial charge is 0.412 e. The van der Waals surface area contributed by atoms with E-state index in [1.165, 1.54) is 12.3 Å². The zero-order chi connectivity index (χ0) is 20.9. The number of rotatable bonds is 6. The summed E-state index contributed by atoms with van der Waals surface area (Å²) in [5.74, 6) is -1.36. The molecule has 2 amide bonds. The third kappa shape index (κ3) is 6.08. The van der Waals surface area contributed by atoms with Gasteiger partial charge in [-0.2, -0.15) is 0 Å². The van der Waals surface area contributed by atoms with E-state index in [0.717, 1.165) is 0 Å². The van der Waals surface area contributed by atoms with Gasteiger partial charge in [0.1, 0.15) is 17.0 Å². The Morgan fingerprint density at radius 2 is 1.86 bits per heavy atom. The van der Waals surface area contributed by atoms with Gasteiger partial charge in [0.15, 0.2) is 5.78 Å². The highest BCUT2D eigenvalue weighted by atomic mass is 16.6. The SMILES string of the molecule is CC(C)(C)OC(=O)Nc1cccc(-c2cnc(C(=O)CCC(N)=O)c(O)c2)c1. The third-order valence-electron chi connectivity index (χ3n) is 3.57. The molecule has 8 nitrogen and oxygen atoms in total.